The summed E-state index contributed by atoms with van der Waals surface area (Å²) in [5.41, 5.74) is 0.173. The zero-order valence-corrected chi connectivity index (χ0v) is 15.8. The summed E-state index contributed by atoms with van der Waals surface area (Å²) in [7, 11) is 1.58. The number of rotatable bonds is 4. The van der Waals surface area contributed by atoms with Crippen LogP contribution in [0.15, 0.2) is 27.2 Å². The lowest BCUT2D eigenvalue weighted by Gasteiger charge is -2.20. The summed E-state index contributed by atoms with van der Waals surface area (Å²) in [6, 6.07) is 5.00. The molecule has 1 aromatic heterocycles. The Morgan fingerprint density at radius 3 is 2.71 bits per heavy atom. The summed E-state index contributed by atoms with van der Waals surface area (Å²) in [6.07, 6.45) is -0.542. The van der Waals surface area contributed by atoms with Crippen LogP contribution < -0.4 is 10.1 Å². The van der Waals surface area contributed by atoms with Crippen molar-refractivity contribution in [2.24, 2.45) is 0 Å². The highest BCUT2D eigenvalue weighted by molar-refractivity contribution is 9.10. The minimum atomic E-state index is -0.572. The standard InChI is InChI=1S/C16H20BrN3O4/c1-9(18-15(21)23-16(2,3)4)14-19-13(20-24-14)10-6-7-11(17)12(8-10)22-5/h6-9H,1-5H3,(H,18,21)/t9-/m0/s1. The molecule has 130 valence electrons. The number of nitrogens with one attached hydrogen (secondary N) is 1. The van der Waals surface area contributed by atoms with E-state index in [1.165, 1.54) is 0 Å². The first-order valence-electron chi connectivity index (χ1n) is 7.36. The van der Waals surface area contributed by atoms with Crippen LogP contribution in [0, 0.1) is 0 Å². The molecule has 1 amide bonds. The molecule has 1 atom stereocenters. The molecule has 0 unspecified atom stereocenters. The van der Waals surface area contributed by atoms with E-state index in [2.05, 4.69) is 31.4 Å². The van der Waals surface area contributed by atoms with Gasteiger partial charge < -0.3 is 19.3 Å². The van der Waals surface area contributed by atoms with Gasteiger partial charge in [-0.2, -0.15) is 4.98 Å². The third-order valence-electron chi connectivity index (χ3n) is 2.95. The lowest BCUT2D eigenvalue weighted by Crippen LogP contribution is -2.34. The molecule has 1 heterocycles. The van der Waals surface area contributed by atoms with Crippen molar-refractivity contribution in [2.45, 2.75) is 39.3 Å². The largest absolute Gasteiger partial charge is 0.496 e. The highest BCUT2D eigenvalue weighted by Gasteiger charge is 2.21. The van der Waals surface area contributed by atoms with Gasteiger partial charge in [-0.3, -0.25) is 0 Å². The van der Waals surface area contributed by atoms with Crippen molar-refractivity contribution in [2.75, 3.05) is 7.11 Å². The second-order valence-corrected chi connectivity index (χ2v) is 7.03. The number of aromatic nitrogens is 2. The van der Waals surface area contributed by atoms with Crippen molar-refractivity contribution in [3.05, 3.63) is 28.6 Å². The minimum Gasteiger partial charge on any atom is -0.496 e. The summed E-state index contributed by atoms with van der Waals surface area (Å²) in [5.74, 6) is 1.37. The monoisotopic (exact) mass is 397 g/mol. The Morgan fingerprint density at radius 1 is 1.38 bits per heavy atom. The summed E-state index contributed by atoms with van der Waals surface area (Å²) in [4.78, 5) is 16.1. The fraction of sp³-hybridized carbons (Fsp3) is 0.438. The van der Waals surface area contributed by atoms with E-state index in [0.29, 0.717) is 11.6 Å². The number of methoxy groups -OCH3 is 1. The third-order valence-corrected chi connectivity index (χ3v) is 3.61. The molecule has 0 aliphatic carbocycles. The smallest absolute Gasteiger partial charge is 0.408 e. The Bertz CT molecular complexity index is 724. The number of carbonyl (C=O) groups excluding carboxylic acids is 1. The van der Waals surface area contributed by atoms with Gasteiger partial charge in [0.05, 0.1) is 11.6 Å². The number of ether oxygens (including phenoxy) is 2. The second-order valence-electron chi connectivity index (χ2n) is 6.17. The molecule has 0 bridgehead atoms. The quantitative estimate of drug-likeness (QED) is 0.835. The van der Waals surface area contributed by atoms with Crippen LogP contribution in [0.25, 0.3) is 11.4 Å². The number of amides is 1. The van der Waals surface area contributed by atoms with E-state index < -0.39 is 17.7 Å². The maximum Gasteiger partial charge on any atom is 0.408 e. The fourth-order valence-corrected chi connectivity index (χ4v) is 2.28. The molecule has 0 aliphatic heterocycles. The minimum absolute atomic E-state index is 0.290. The summed E-state index contributed by atoms with van der Waals surface area (Å²) < 4.78 is 16.5. The van der Waals surface area contributed by atoms with Crippen LogP contribution >= 0.6 is 15.9 Å². The van der Waals surface area contributed by atoms with E-state index in [1.807, 2.05) is 12.1 Å². The molecule has 7 nitrogen and oxygen atoms in total. The predicted octanol–water partition coefficient (Wildman–Crippen LogP) is 4.09. The van der Waals surface area contributed by atoms with Gasteiger partial charge in [-0.15, -0.1) is 0 Å². The van der Waals surface area contributed by atoms with Crippen LogP contribution in [0.4, 0.5) is 4.79 Å². The fourth-order valence-electron chi connectivity index (χ4n) is 1.87. The molecular weight excluding hydrogens is 378 g/mol. The van der Waals surface area contributed by atoms with Gasteiger partial charge in [0.1, 0.15) is 17.4 Å². The Morgan fingerprint density at radius 2 is 2.08 bits per heavy atom. The van der Waals surface area contributed by atoms with Crippen LogP contribution in [0.1, 0.15) is 39.6 Å². The predicted molar refractivity (Wildman–Crippen MR) is 91.8 cm³/mol. The molecule has 1 N–H and O–H groups in total. The van der Waals surface area contributed by atoms with Gasteiger partial charge in [0, 0.05) is 5.56 Å². The van der Waals surface area contributed by atoms with Crippen molar-refractivity contribution in [3.63, 3.8) is 0 Å². The molecule has 2 rings (SSSR count). The first-order chi connectivity index (χ1) is 11.2. The molecule has 1 aromatic carbocycles. The maximum atomic E-state index is 11.8. The number of nitrogens with zero attached hydrogens (tertiary/aromatic N) is 2. The van der Waals surface area contributed by atoms with E-state index in [9.17, 15) is 4.79 Å². The molecule has 0 saturated heterocycles. The van der Waals surface area contributed by atoms with E-state index in [0.717, 1.165) is 10.0 Å². The van der Waals surface area contributed by atoms with Crippen molar-refractivity contribution in [1.29, 1.82) is 0 Å². The van der Waals surface area contributed by atoms with E-state index in [1.54, 1.807) is 40.9 Å². The molecule has 0 aliphatic rings. The van der Waals surface area contributed by atoms with Gasteiger partial charge in [-0.25, -0.2) is 4.79 Å². The average Bonchev–Trinajstić information content (AvgIpc) is 2.95. The highest BCUT2D eigenvalue weighted by Crippen LogP contribution is 2.29. The SMILES string of the molecule is COc1cc(-c2noc([C@H](C)NC(=O)OC(C)(C)C)n2)ccc1Br. The molecule has 8 heteroatoms. The maximum absolute atomic E-state index is 11.8. The zero-order valence-electron chi connectivity index (χ0n) is 14.2. The van der Waals surface area contributed by atoms with Crippen LogP contribution in [-0.4, -0.2) is 28.9 Å². The number of alkyl carbamates (subject to hydrolysis) is 1. The van der Waals surface area contributed by atoms with Crippen LogP contribution in [0.5, 0.6) is 5.75 Å². The van der Waals surface area contributed by atoms with E-state index in [-0.39, 0.29) is 5.89 Å². The third kappa shape index (κ3) is 4.70. The molecule has 0 saturated carbocycles. The van der Waals surface area contributed by atoms with Crippen molar-refractivity contribution in [1.82, 2.24) is 15.5 Å². The Hall–Kier alpha value is -2.09. The number of carbonyl (C=O) groups is 1. The van der Waals surface area contributed by atoms with Gasteiger partial charge in [0.25, 0.3) is 0 Å². The van der Waals surface area contributed by atoms with Crippen LogP contribution in [-0.2, 0) is 4.74 Å². The Balaban J connectivity index is 2.11. The first kappa shape index (κ1) is 18.3. The van der Waals surface area contributed by atoms with Gasteiger partial charge in [-0.1, -0.05) is 5.16 Å². The molecule has 0 fully saturated rings. The van der Waals surface area contributed by atoms with Crippen molar-refractivity contribution in [3.8, 4) is 17.1 Å². The highest BCUT2D eigenvalue weighted by atomic mass is 79.9. The number of hydrogen-bond acceptors (Lipinski definition) is 6. The molecule has 0 spiro atoms. The first-order valence-corrected chi connectivity index (χ1v) is 8.16. The Labute approximate surface area is 148 Å². The lowest BCUT2D eigenvalue weighted by molar-refractivity contribution is 0.0499. The topological polar surface area (TPSA) is 86.5 Å². The number of halogens is 1. The molecular formula is C16H20BrN3O4. The van der Waals surface area contributed by atoms with E-state index >= 15 is 0 Å². The Kier molecular flexibility index (Phi) is 5.48. The van der Waals surface area contributed by atoms with Crippen molar-refractivity contribution < 1.29 is 18.8 Å². The lowest BCUT2D eigenvalue weighted by atomic mass is 10.2. The van der Waals surface area contributed by atoms with Crippen LogP contribution in [0.3, 0.4) is 0 Å². The average molecular weight is 398 g/mol. The summed E-state index contributed by atoms with van der Waals surface area (Å²) in [5, 5.41) is 6.60. The summed E-state index contributed by atoms with van der Waals surface area (Å²) >= 11 is 3.39. The van der Waals surface area contributed by atoms with Crippen LogP contribution in [0.2, 0.25) is 0 Å². The normalized spacial score (nSPS) is 12.6. The molecule has 0 radical (unpaired) electrons. The molecule has 2 aromatic rings. The van der Waals surface area contributed by atoms with Gasteiger partial charge in [0.2, 0.25) is 11.7 Å². The van der Waals surface area contributed by atoms with Crippen molar-refractivity contribution >= 4 is 22.0 Å². The number of hydrogen-bond donors (Lipinski definition) is 1. The summed E-state index contributed by atoms with van der Waals surface area (Å²) in [6.45, 7) is 7.12. The van der Waals surface area contributed by atoms with Gasteiger partial charge in [-0.05, 0) is 61.8 Å². The number of benzene rings is 1. The second kappa shape index (κ2) is 7.21. The zero-order chi connectivity index (χ0) is 17.9. The molecule has 24 heavy (non-hydrogen) atoms. The van der Waals surface area contributed by atoms with Gasteiger partial charge >= 0.3 is 6.09 Å². The van der Waals surface area contributed by atoms with E-state index in [4.69, 9.17) is 14.0 Å². The van der Waals surface area contributed by atoms with Gasteiger partial charge in [0.15, 0.2) is 0 Å².